The molecule has 1 fully saturated rings. The Morgan fingerprint density at radius 3 is 2.48 bits per heavy atom. The Balaban J connectivity index is 1.71. The van der Waals surface area contributed by atoms with Crippen LogP contribution in [0.2, 0.25) is 0 Å². The van der Waals surface area contributed by atoms with E-state index in [4.69, 9.17) is 4.74 Å². The number of amides is 1. The summed E-state index contributed by atoms with van der Waals surface area (Å²) in [4.78, 5) is 21.9. The summed E-state index contributed by atoms with van der Waals surface area (Å²) in [6.45, 7) is 6.29. The molecule has 1 aliphatic rings. The van der Waals surface area contributed by atoms with Gasteiger partial charge in [0.15, 0.2) is 5.82 Å². The Morgan fingerprint density at radius 2 is 1.79 bits per heavy atom. The molecule has 0 radical (unpaired) electrons. The third kappa shape index (κ3) is 4.00. The Bertz CT molecular complexity index is 978. The lowest BCUT2D eigenvalue weighted by atomic mass is 10.2. The molecule has 0 aliphatic carbocycles. The molecule has 7 heteroatoms. The summed E-state index contributed by atoms with van der Waals surface area (Å²) in [5.41, 5.74) is 1.70. The van der Waals surface area contributed by atoms with Crippen LogP contribution >= 0.6 is 0 Å². The number of methoxy groups -OCH3 is 1. The number of nitrogens with zero attached hydrogens (tertiary/aromatic N) is 5. The molecule has 1 saturated heterocycles. The van der Waals surface area contributed by atoms with E-state index in [0.29, 0.717) is 18.9 Å². The average molecular weight is 391 g/mol. The van der Waals surface area contributed by atoms with Gasteiger partial charge in [-0.05, 0) is 30.8 Å². The van der Waals surface area contributed by atoms with Crippen LogP contribution in [0.3, 0.4) is 0 Å². The lowest BCUT2D eigenvalue weighted by Crippen LogP contribution is -2.48. The number of likely N-dealkylation sites (N-methyl/N-ethyl adjacent to an activating group) is 1. The van der Waals surface area contributed by atoms with Crippen LogP contribution in [-0.4, -0.2) is 70.3 Å². The number of piperazine rings is 1. The van der Waals surface area contributed by atoms with Gasteiger partial charge < -0.3 is 14.5 Å². The molecule has 29 heavy (non-hydrogen) atoms. The fourth-order valence-corrected chi connectivity index (χ4v) is 3.51. The monoisotopic (exact) mass is 391 g/mol. The van der Waals surface area contributed by atoms with Gasteiger partial charge in [0.1, 0.15) is 5.75 Å². The number of ether oxygens (including phenoxy) is 1. The van der Waals surface area contributed by atoms with Crippen molar-refractivity contribution in [1.82, 2.24) is 24.6 Å². The molecule has 7 nitrogen and oxygen atoms in total. The van der Waals surface area contributed by atoms with E-state index in [9.17, 15) is 4.79 Å². The van der Waals surface area contributed by atoms with Gasteiger partial charge in [0, 0.05) is 31.7 Å². The standard InChI is InChI=1S/C22H25N5O2/c1-3-25-12-14-26(15-13-25)22(28)20-23-21(17-8-7-11-19(16-17)29-2)27(24-20)18-9-5-4-6-10-18/h4-11,16H,3,12-15H2,1-2H3. The summed E-state index contributed by atoms with van der Waals surface area (Å²) in [5.74, 6) is 1.44. The maximum Gasteiger partial charge on any atom is 0.293 e. The molecule has 0 N–H and O–H groups in total. The maximum absolute atomic E-state index is 13.1. The Hall–Kier alpha value is -3.19. The highest BCUT2D eigenvalue weighted by molar-refractivity contribution is 5.91. The molecule has 0 saturated carbocycles. The van der Waals surface area contributed by atoms with E-state index >= 15 is 0 Å². The molecule has 1 amide bonds. The topological polar surface area (TPSA) is 63.5 Å². The fourth-order valence-electron chi connectivity index (χ4n) is 3.51. The summed E-state index contributed by atoms with van der Waals surface area (Å²) in [5, 5.41) is 4.59. The van der Waals surface area contributed by atoms with Gasteiger partial charge in [-0.3, -0.25) is 4.79 Å². The second kappa shape index (κ2) is 8.45. The molecular weight excluding hydrogens is 366 g/mol. The number of hydrogen-bond acceptors (Lipinski definition) is 5. The van der Waals surface area contributed by atoms with Crippen LogP contribution in [0.15, 0.2) is 54.6 Å². The average Bonchev–Trinajstić information content (AvgIpc) is 3.25. The molecule has 0 bridgehead atoms. The summed E-state index contributed by atoms with van der Waals surface area (Å²) in [6, 6.07) is 17.4. The molecule has 4 rings (SSSR count). The number of carbonyl (C=O) groups is 1. The van der Waals surface area contributed by atoms with Crippen molar-refractivity contribution in [3.8, 4) is 22.8 Å². The zero-order valence-electron chi connectivity index (χ0n) is 16.8. The quantitative estimate of drug-likeness (QED) is 0.669. The predicted octanol–water partition coefficient (Wildman–Crippen LogP) is 2.72. The van der Waals surface area contributed by atoms with Crippen molar-refractivity contribution in [3.05, 3.63) is 60.4 Å². The van der Waals surface area contributed by atoms with E-state index in [2.05, 4.69) is 21.9 Å². The predicted molar refractivity (Wildman–Crippen MR) is 111 cm³/mol. The van der Waals surface area contributed by atoms with Crippen LogP contribution in [0.5, 0.6) is 5.75 Å². The van der Waals surface area contributed by atoms with Crippen LogP contribution in [0.4, 0.5) is 0 Å². The first-order valence-corrected chi connectivity index (χ1v) is 9.88. The summed E-state index contributed by atoms with van der Waals surface area (Å²) in [7, 11) is 1.63. The minimum absolute atomic E-state index is 0.125. The highest BCUT2D eigenvalue weighted by Crippen LogP contribution is 2.25. The molecule has 3 aromatic rings. The number of aromatic nitrogens is 3. The van der Waals surface area contributed by atoms with E-state index in [1.807, 2.05) is 59.5 Å². The van der Waals surface area contributed by atoms with E-state index < -0.39 is 0 Å². The highest BCUT2D eigenvalue weighted by Gasteiger charge is 2.26. The van der Waals surface area contributed by atoms with Crippen molar-refractivity contribution in [2.24, 2.45) is 0 Å². The first-order valence-electron chi connectivity index (χ1n) is 9.88. The van der Waals surface area contributed by atoms with Crippen LogP contribution in [0.25, 0.3) is 17.1 Å². The smallest absolute Gasteiger partial charge is 0.293 e. The zero-order chi connectivity index (χ0) is 20.2. The number of benzene rings is 2. The Kier molecular flexibility index (Phi) is 5.57. The molecule has 2 aromatic carbocycles. The molecule has 0 spiro atoms. The second-order valence-electron chi connectivity index (χ2n) is 6.96. The first-order chi connectivity index (χ1) is 14.2. The summed E-state index contributed by atoms with van der Waals surface area (Å²) in [6.07, 6.45) is 0. The van der Waals surface area contributed by atoms with Gasteiger partial charge in [-0.2, -0.15) is 0 Å². The minimum Gasteiger partial charge on any atom is -0.497 e. The SMILES string of the molecule is CCN1CCN(C(=O)c2nc(-c3cccc(OC)c3)n(-c3ccccc3)n2)CC1. The molecule has 1 aliphatic heterocycles. The third-order valence-corrected chi connectivity index (χ3v) is 5.23. The molecule has 2 heterocycles. The number of hydrogen-bond donors (Lipinski definition) is 0. The van der Waals surface area contributed by atoms with E-state index in [-0.39, 0.29) is 11.7 Å². The van der Waals surface area contributed by atoms with Crippen molar-refractivity contribution >= 4 is 5.91 Å². The Labute approximate surface area is 170 Å². The van der Waals surface area contributed by atoms with Crippen molar-refractivity contribution in [1.29, 1.82) is 0 Å². The highest BCUT2D eigenvalue weighted by atomic mass is 16.5. The molecule has 0 atom stereocenters. The molecular formula is C22H25N5O2. The summed E-state index contributed by atoms with van der Waals surface area (Å²) < 4.78 is 7.08. The van der Waals surface area contributed by atoms with Crippen LogP contribution in [0.1, 0.15) is 17.5 Å². The van der Waals surface area contributed by atoms with Crippen LogP contribution in [-0.2, 0) is 0 Å². The van der Waals surface area contributed by atoms with Gasteiger partial charge in [-0.15, -0.1) is 5.10 Å². The van der Waals surface area contributed by atoms with Gasteiger partial charge >= 0.3 is 0 Å². The maximum atomic E-state index is 13.1. The van der Waals surface area contributed by atoms with Gasteiger partial charge in [0.05, 0.1) is 12.8 Å². The molecule has 0 unspecified atom stereocenters. The van der Waals surface area contributed by atoms with Gasteiger partial charge in [-0.1, -0.05) is 37.3 Å². The van der Waals surface area contributed by atoms with Gasteiger partial charge in [0.2, 0.25) is 5.82 Å². The second-order valence-corrected chi connectivity index (χ2v) is 6.96. The van der Waals surface area contributed by atoms with E-state index in [0.717, 1.165) is 36.6 Å². The molecule has 150 valence electrons. The van der Waals surface area contributed by atoms with E-state index in [1.165, 1.54) is 0 Å². The lowest BCUT2D eigenvalue weighted by Gasteiger charge is -2.33. The number of rotatable bonds is 5. The van der Waals surface area contributed by atoms with Crippen LogP contribution in [0, 0.1) is 0 Å². The van der Waals surface area contributed by atoms with E-state index in [1.54, 1.807) is 11.8 Å². The van der Waals surface area contributed by atoms with Crippen LogP contribution < -0.4 is 4.74 Å². The van der Waals surface area contributed by atoms with Crippen molar-refractivity contribution in [2.75, 3.05) is 39.8 Å². The third-order valence-electron chi connectivity index (χ3n) is 5.23. The lowest BCUT2D eigenvalue weighted by molar-refractivity contribution is 0.0631. The van der Waals surface area contributed by atoms with Crippen molar-refractivity contribution in [3.63, 3.8) is 0 Å². The largest absolute Gasteiger partial charge is 0.497 e. The van der Waals surface area contributed by atoms with Crippen molar-refractivity contribution < 1.29 is 9.53 Å². The van der Waals surface area contributed by atoms with Crippen molar-refractivity contribution in [2.45, 2.75) is 6.92 Å². The normalized spacial score (nSPS) is 14.8. The Morgan fingerprint density at radius 1 is 1.03 bits per heavy atom. The summed E-state index contributed by atoms with van der Waals surface area (Å²) >= 11 is 0. The molecule has 1 aromatic heterocycles. The van der Waals surface area contributed by atoms with Gasteiger partial charge in [-0.25, -0.2) is 9.67 Å². The number of para-hydroxylation sites is 1. The van der Waals surface area contributed by atoms with Gasteiger partial charge in [0.25, 0.3) is 5.91 Å². The number of carbonyl (C=O) groups excluding carboxylic acids is 1. The first kappa shape index (κ1) is 19.1. The zero-order valence-corrected chi connectivity index (χ0v) is 16.8. The minimum atomic E-state index is -0.125. The fraction of sp³-hybridized carbons (Fsp3) is 0.318.